The Kier molecular flexibility index (Phi) is 2.84. The van der Waals surface area contributed by atoms with Gasteiger partial charge in [-0.1, -0.05) is 18.2 Å². The molecule has 0 aromatic heterocycles. The highest BCUT2D eigenvalue weighted by Gasteiger charge is 2.30. The van der Waals surface area contributed by atoms with Crippen LogP contribution in [0.3, 0.4) is 0 Å². The fourth-order valence-corrected chi connectivity index (χ4v) is 1.58. The number of carbonyl (C=O) groups excluding carboxylic acids is 1. The summed E-state index contributed by atoms with van der Waals surface area (Å²) in [4.78, 5) is 10.6. The minimum Gasteiger partial charge on any atom is -0.343 e. The number of hydrogen-bond donors (Lipinski definition) is 0. The fourth-order valence-electron chi connectivity index (χ4n) is 1.58. The summed E-state index contributed by atoms with van der Waals surface area (Å²) >= 11 is 0. The van der Waals surface area contributed by atoms with Gasteiger partial charge in [-0.05, 0) is 19.9 Å². The van der Waals surface area contributed by atoms with Crippen LogP contribution in [0.25, 0.3) is 0 Å². The van der Waals surface area contributed by atoms with Crippen molar-refractivity contribution in [1.82, 2.24) is 0 Å². The van der Waals surface area contributed by atoms with E-state index in [1.54, 1.807) is 12.1 Å². The number of carbonyl (C=O) groups is 1. The van der Waals surface area contributed by atoms with Crippen LogP contribution in [-0.2, 0) is 9.47 Å². The van der Waals surface area contributed by atoms with Crippen molar-refractivity contribution in [3.8, 4) is 0 Å². The summed E-state index contributed by atoms with van der Waals surface area (Å²) in [5, 5.41) is 0. The Morgan fingerprint density at radius 2 is 1.87 bits per heavy atom. The number of benzene rings is 1. The molecule has 3 heteroatoms. The molecule has 0 amide bonds. The summed E-state index contributed by atoms with van der Waals surface area (Å²) in [6.07, 6.45) is 0.672. The van der Waals surface area contributed by atoms with Gasteiger partial charge < -0.3 is 9.47 Å². The van der Waals surface area contributed by atoms with E-state index >= 15 is 0 Å². The van der Waals surface area contributed by atoms with Crippen LogP contribution in [0.15, 0.2) is 24.3 Å². The molecule has 0 bridgehead atoms. The van der Waals surface area contributed by atoms with Gasteiger partial charge in [-0.2, -0.15) is 0 Å². The van der Waals surface area contributed by atoms with Crippen molar-refractivity contribution in [2.75, 3.05) is 0 Å². The Hall–Kier alpha value is -1.19. The van der Waals surface area contributed by atoms with Gasteiger partial charge in [0.2, 0.25) is 0 Å². The first-order valence-corrected chi connectivity index (χ1v) is 5.07. The molecule has 1 fully saturated rings. The van der Waals surface area contributed by atoms with Crippen LogP contribution in [0.2, 0.25) is 0 Å². The molecule has 3 nitrogen and oxygen atoms in total. The van der Waals surface area contributed by atoms with Crippen LogP contribution in [0.4, 0.5) is 0 Å². The number of aldehydes is 1. The van der Waals surface area contributed by atoms with Crippen molar-refractivity contribution in [3.05, 3.63) is 35.4 Å². The molecule has 80 valence electrons. The van der Waals surface area contributed by atoms with Gasteiger partial charge in [0.05, 0.1) is 12.2 Å². The lowest BCUT2D eigenvalue weighted by Gasteiger charge is -2.10. The first-order chi connectivity index (χ1) is 7.20. The summed E-state index contributed by atoms with van der Waals surface area (Å²) < 4.78 is 11.2. The second-order valence-corrected chi connectivity index (χ2v) is 3.80. The molecule has 0 N–H and O–H groups in total. The number of rotatable bonds is 2. The van der Waals surface area contributed by atoms with Gasteiger partial charge in [0.25, 0.3) is 0 Å². The van der Waals surface area contributed by atoms with E-state index < -0.39 is 0 Å². The van der Waals surface area contributed by atoms with Crippen molar-refractivity contribution in [2.45, 2.75) is 32.3 Å². The molecule has 2 atom stereocenters. The van der Waals surface area contributed by atoms with E-state index in [1.165, 1.54) is 0 Å². The van der Waals surface area contributed by atoms with E-state index in [4.69, 9.17) is 9.47 Å². The largest absolute Gasteiger partial charge is 0.343 e. The Labute approximate surface area is 89.0 Å². The van der Waals surface area contributed by atoms with Gasteiger partial charge >= 0.3 is 0 Å². The summed E-state index contributed by atoms with van der Waals surface area (Å²) in [6.45, 7) is 3.96. The summed E-state index contributed by atoms with van der Waals surface area (Å²) in [6, 6.07) is 7.29. The minimum atomic E-state index is -0.338. The lowest BCUT2D eigenvalue weighted by molar-refractivity contribution is -0.0652. The molecule has 0 aliphatic carbocycles. The molecule has 1 aromatic carbocycles. The predicted molar refractivity (Wildman–Crippen MR) is 55.7 cm³/mol. The van der Waals surface area contributed by atoms with Crippen LogP contribution in [0.5, 0.6) is 0 Å². The lowest BCUT2D eigenvalue weighted by Crippen LogP contribution is -2.13. The second-order valence-electron chi connectivity index (χ2n) is 3.80. The Morgan fingerprint density at radius 3 is 2.47 bits per heavy atom. The average molecular weight is 206 g/mol. The molecule has 2 rings (SSSR count). The zero-order chi connectivity index (χ0) is 10.8. The average Bonchev–Trinajstić information content (AvgIpc) is 2.59. The monoisotopic (exact) mass is 206 g/mol. The number of hydrogen-bond acceptors (Lipinski definition) is 3. The SMILES string of the molecule is CC1OC(c2cccc(C=O)c2)OC1C. The van der Waals surface area contributed by atoms with E-state index in [2.05, 4.69) is 0 Å². The van der Waals surface area contributed by atoms with Gasteiger partial charge in [0, 0.05) is 11.1 Å². The van der Waals surface area contributed by atoms with Crippen LogP contribution in [0, 0.1) is 0 Å². The molecule has 0 spiro atoms. The maximum atomic E-state index is 10.6. The topological polar surface area (TPSA) is 35.5 Å². The van der Waals surface area contributed by atoms with Gasteiger partial charge in [-0.3, -0.25) is 4.79 Å². The normalized spacial score (nSPS) is 30.4. The molecule has 1 aromatic rings. The van der Waals surface area contributed by atoms with Crippen LogP contribution < -0.4 is 0 Å². The predicted octanol–water partition coefficient (Wildman–Crippen LogP) is 2.32. The Balaban J connectivity index is 2.19. The highest BCUT2D eigenvalue weighted by molar-refractivity contribution is 5.74. The van der Waals surface area contributed by atoms with Crippen molar-refractivity contribution >= 4 is 6.29 Å². The molecule has 0 radical (unpaired) electrons. The molecular weight excluding hydrogens is 192 g/mol. The third-order valence-corrected chi connectivity index (χ3v) is 2.66. The first kappa shape index (κ1) is 10.3. The van der Waals surface area contributed by atoms with Crippen LogP contribution in [0.1, 0.15) is 36.1 Å². The highest BCUT2D eigenvalue weighted by atomic mass is 16.7. The maximum absolute atomic E-state index is 10.6. The second kappa shape index (κ2) is 4.13. The van der Waals surface area contributed by atoms with Gasteiger partial charge in [-0.25, -0.2) is 0 Å². The van der Waals surface area contributed by atoms with E-state index in [0.29, 0.717) is 5.56 Å². The van der Waals surface area contributed by atoms with E-state index in [-0.39, 0.29) is 18.5 Å². The molecule has 1 aliphatic heterocycles. The smallest absolute Gasteiger partial charge is 0.184 e. The zero-order valence-electron chi connectivity index (χ0n) is 8.84. The van der Waals surface area contributed by atoms with Crippen LogP contribution in [-0.4, -0.2) is 18.5 Å². The highest BCUT2D eigenvalue weighted by Crippen LogP contribution is 2.30. The van der Waals surface area contributed by atoms with Crippen molar-refractivity contribution in [3.63, 3.8) is 0 Å². The molecule has 1 saturated heterocycles. The Bertz CT molecular complexity index is 352. The number of ether oxygens (including phenoxy) is 2. The van der Waals surface area contributed by atoms with E-state index in [0.717, 1.165) is 11.8 Å². The van der Waals surface area contributed by atoms with Crippen LogP contribution >= 0.6 is 0 Å². The fraction of sp³-hybridized carbons (Fsp3) is 0.417. The molecule has 0 saturated carbocycles. The van der Waals surface area contributed by atoms with Crippen molar-refractivity contribution in [2.24, 2.45) is 0 Å². The summed E-state index contributed by atoms with van der Waals surface area (Å²) in [5.74, 6) is 0. The molecule has 15 heavy (non-hydrogen) atoms. The lowest BCUT2D eigenvalue weighted by atomic mass is 10.1. The van der Waals surface area contributed by atoms with Gasteiger partial charge in [-0.15, -0.1) is 0 Å². The third-order valence-electron chi connectivity index (χ3n) is 2.66. The molecule has 1 heterocycles. The third kappa shape index (κ3) is 2.08. The summed E-state index contributed by atoms with van der Waals surface area (Å²) in [7, 11) is 0. The maximum Gasteiger partial charge on any atom is 0.184 e. The van der Waals surface area contributed by atoms with Crippen molar-refractivity contribution < 1.29 is 14.3 Å². The zero-order valence-corrected chi connectivity index (χ0v) is 8.84. The Morgan fingerprint density at radius 1 is 1.20 bits per heavy atom. The molecule has 2 unspecified atom stereocenters. The summed E-state index contributed by atoms with van der Waals surface area (Å²) in [5.41, 5.74) is 1.54. The van der Waals surface area contributed by atoms with Gasteiger partial charge in [0.1, 0.15) is 6.29 Å². The minimum absolute atomic E-state index is 0.0925. The van der Waals surface area contributed by atoms with E-state index in [1.807, 2.05) is 26.0 Å². The van der Waals surface area contributed by atoms with Crippen molar-refractivity contribution in [1.29, 1.82) is 0 Å². The quantitative estimate of drug-likeness (QED) is 0.696. The van der Waals surface area contributed by atoms with Gasteiger partial charge in [0.15, 0.2) is 6.29 Å². The van der Waals surface area contributed by atoms with E-state index in [9.17, 15) is 4.79 Å². The molecule has 1 aliphatic rings. The first-order valence-electron chi connectivity index (χ1n) is 5.07. The molecular formula is C12H14O3. The standard InChI is InChI=1S/C12H14O3/c1-8-9(2)15-12(14-8)11-5-3-4-10(6-11)7-13/h3-9,12H,1-2H3.